The minimum Gasteiger partial charge on any atom is -0.478 e. The van der Waals surface area contributed by atoms with E-state index in [0.29, 0.717) is 46.6 Å². The van der Waals surface area contributed by atoms with Crippen molar-refractivity contribution in [1.82, 2.24) is 25.1 Å². The van der Waals surface area contributed by atoms with Gasteiger partial charge in [0.25, 0.3) is 5.91 Å². The van der Waals surface area contributed by atoms with Crippen LogP contribution in [0, 0.1) is 11.4 Å². The number of hydrogen-bond acceptors (Lipinski definition) is 9. The number of carbonyl (C=O) groups is 5. The Hall–Kier alpha value is -6.03. The van der Waals surface area contributed by atoms with Gasteiger partial charge in [0, 0.05) is 74.3 Å². The van der Waals surface area contributed by atoms with Crippen LogP contribution in [0.3, 0.4) is 0 Å². The number of nitrogens with one attached hydrogen (secondary N) is 2. The number of piperazine rings is 1. The summed E-state index contributed by atoms with van der Waals surface area (Å²) in [4.78, 5) is 63.7. The van der Waals surface area contributed by atoms with Gasteiger partial charge in [-0.1, -0.05) is 72.9 Å². The van der Waals surface area contributed by atoms with Gasteiger partial charge in [0.1, 0.15) is 5.65 Å². The summed E-state index contributed by atoms with van der Waals surface area (Å²) in [6.45, 7) is 7.82. The average Bonchev–Trinajstić information content (AvgIpc) is 3.15. The van der Waals surface area contributed by atoms with Crippen molar-refractivity contribution >= 4 is 53.0 Å². The molecule has 6 N–H and O–H groups in total. The summed E-state index contributed by atoms with van der Waals surface area (Å²) in [6, 6.07) is 25.8. The molecule has 15 heteroatoms. The second-order valence-corrected chi connectivity index (χ2v) is 12.4. The number of benzene rings is 2. The molecular formula is C39H43N5O9S. The predicted octanol–water partition coefficient (Wildman–Crippen LogP) is 4.94. The molecular weight excluding hydrogens is 715 g/mol. The zero-order chi connectivity index (χ0) is 39.5. The van der Waals surface area contributed by atoms with Crippen molar-refractivity contribution in [3.63, 3.8) is 0 Å². The molecule has 4 aromatic rings. The van der Waals surface area contributed by atoms with Crippen LogP contribution in [0.15, 0.2) is 103 Å². The number of H-pyrrole nitrogens is 1. The Bertz CT molecular complexity index is 1890. The number of fused-ring (bicyclic) bond motifs is 1. The number of aryl methyl sites for hydroxylation is 1. The molecule has 0 atom stereocenters. The highest BCUT2D eigenvalue weighted by Crippen LogP contribution is 2.29. The third-order valence-corrected chi connectivity index (χ3v) is 8.49. The lowest BCUT2D eigenvalue weighted by molar-refractivity contribution is -0.134. The summed E-state index contributed by atoms with van der Waals surface area (Å²) in [5.74, 6) is -5.16. The molecule has 0 radical (unpaired) electrons. The number of hydrogen-bond donors (Lipinski definition) is 6. The lowest BCUT2D eigenvalue weighted by atomic mass is 9.96. The van der Waals surface area contributed by atoms with Crippen LogP contribution in [0.2, 0.25) is 0 Å². The molecule has 1 amide bonds. The molecule has 54 heavy (non-hydrogen) atoms. The van der Waals surface area contributed by atoms with Crippen molar-refractivity contribution in [2.45, 2.75) is 25.8 Å². The minimum absolute atomic E-state index is 0.129. The van der Waals surface area contributed by atoms with E-state index in [-0.39, 0.29) is 11.9 Å². The van der Waals surface area contributed by atoms with Gasteiger partial charge in [-0.15, -0.1) is 0 Å². The Kier molecular flexibility index (Phi) is 17.4. The summed E-state index contributed by atoms with van der Waals surface area (Å²) in [7, 11) is 0. The highest BCUT2D eigenvalue weighted by molar-refractivity contribution is 7.71. The van der Waals surface area contributed by atoms with Crippen molar-refractivity contribution in [2.24, 2.45) is 0 Å². The molecule has 284 valence electrons. The zero-order valence-electron chi connectivity index (χ0n) is 29.6. The van der Waals surface area contributed by atoms with E-state index in [1.807, 2.05) is 19.1 Å². The Labute approximate surface area is 317 Å². The Morgan fingerprint density at radius 1 is 0.759 bits per heavy atom. The number of nitrogens with zero attached hydrogens (tertiary/aromatic N) is 3. The van der Waals surface area contributed by atoms with Crippen LogP contribution < -0.4 is 5.32 Å². The van der Waals surface area contributed by atoms with Crippen molar-refractivity contribution < 1.29 is 44.4 Å². The molecule has 2 aromatic heterocycles. The molecule has 1 aliphatic rings. The fourth-order valence-corrected chi connectivity index (χ4v) is 5.86. The van der Waals surface area contributed by atoms with Gasteiger partial charge in [0.15, 0.2) is 0 Å². The normalized spacial score (nSPS) is 13.1. The van der Waals surface area contributed by atoms with E-state index >= 15 is 0 Å². The molecule has 1 aliphatic heterocycles. The second-order valence-electron chi connectivity index (χ2n) is 12.0. The molecule has 1 saturated heterocycles. The molecule has 5 rings (SSSR count). The number of carbonyl (C=O) groups excluding carboxylic acids is 1. The molecule has 3 heterocycles. The summed E-state index contributed by atoms with van der Waals surface area (Å²) < 4.78 is 0.547. The number of unbranched alkanes of at least 4 members (excludes halogenated alkanes) is 1. The summed E-state index contributed by atoms with van der Waals surface area (Å²) in [5.41, 5.74) is 4.82. The highest BCUT2D eigenvalue weighted by Gasteiger charge is 2.26. The molecule has 1 fully saturated rings. The van der Waals surface area contributed by atoms with Gasteiger partial charge in [0.2, 0.25) is 0 Å². The van der Waals surface area contributed by atoms with E-state index in [4.69, 9.17) is 32.6 Å². The van der Waals surface area contributed by atoms with E-state index in [1.54, 1.807) is 6.20 Å². The maximum absolute atomic E-state index is 12.7. The topological polar surface area (TPSA) is 213 Å². The van der Waals surface area contributed by atoms with E-state index in [0.717, 1.165) is 56.6 Å². The van der Waals surface area contributed by atoms with Crippen molar-refractivity contribution in [2.75, 3.05) is 39.3 Å². The average molecular weight is 758 g/mol. The Balaban J connectivity index is 0.000000410. The number of pyridine rings is 2. The van der Waals surface area contributed by atoms with Gasteiger partial charge in [0.05, 0.1) is 16.1 Å². The van der Waals surface area contributed by atoms with Crippen LogP contribution in [0.5, 0.6) is 0 Å². The van der Waals surface area contributed by atoms with Crippen molar-refractivity contribution in [1.29, 1.82) is 0 Å². The van der Waals surface area contributed by atoms with Gasteiger partial charge in [-0.2, -0.15) is 0 Å². The second kappa shape index (κ2) is 22.1. The van der Waals surface area contributed by atoms with Crippen LogP contribution in [0.25, 0.3) is 11.0 Å². The highest BCUT2D eigenvalue weighted by atomic mass is 32.1. The number of carboxylic acids is 4. The molecule has 0 saturated carbocycles. The third kappa shape index (κ3) is 14.5. The van der Waals surface area contributed by atoms with Gasteiger partial charge in [-0.05, 0) is 49.6 Å². The van der Waals surface area contributed by atoms with E-state index < -0.39 is 23.9 Å². The van der Waals surface area contributed by atoms with Crippen LogP contribution in [0.1, 0.15) is 46.1 Å². The number of carboxylic acid groups (broad SMARTS) is 4. The van der Waals surface area contributed by atoms with Crippen molar-refractivity contribution in [3.8, 4) is 0 Å². The van der Waals surface area contributed by atoms with E-state index in [9.17, 15) is 24.0 Å². The fraction of sp³-hybridized carbons (Fsp3) is 0.256. The van der Waals surface area contributed by atoms with Gasteiger partial charge >= 0.3 is 23.9 Å². The monoisotopic (exact) mass is 757 g/mol. The number of rotatable bonds is 13. The van der Waals surface area contributed by atoms with Crippen LogP contribution in [-0.4, -0.2) is 109 Å². The number of aromatic amines is 1. The molecule has 0 unspecified atom stereocenters. The maximum atomic E-state index is 12.7. The molecule has 2 aromatic carbocycles. The van der Waals surface area contributed by atoms with Gasteiger partial charge in [-0.25, -0.2) is 24.2 Å². The minimum atomic E-state index is -1.26. The van der Waals surface area contributed by atoms with Crippen molar-refractivity contribution in [3.05, 3.63) is 130 Å². The van der Waals surface area contributed by atoms with E-state index in [1.165, 1.54) is 11.1 Å². The molecule has 0 spiro atoms. The van der Waals surface area contributed by atoms with Crippen LogP contribution in [0.4, 0.5) is 0 Å². The van der Waals surface area contributed by atoms with Crippen LogP contribution >= 0.6 is 12.2 Å². The van der Waals surface area contributed by atoms with Gasteiger partial charge in [-0.3, -0.25) is 9.69 Å². The Morgan fingerprint density at radius 2 is 1.26 bits per heavy atom. The smallest absolute Gasteiger partial charge is 0.328 e. The molecule has 14 nitrogen and oxygen atoms in total. The lowest BCUT2D eigenvalue weighted by Gasteiger charge is -2.39. The van der Waals surface area contributed by atoms with Gasteiger partial charge < -0.3 is 35.6 Å². The maximum Gasteiger partial charge on any atom is 0.328 e. The third-order valence-electron chi connectivity index (χ3n) is 8.05. The Morgan fingerprint density at radius 3 is 1.74 bits per heavy atom. The quantitative estimate of drug-likeness (QED) is 0.0607. The number of aromatic nitrogens is 2. The summed E-state index contributed by atoms with van der Waals surface area (Å²) >= 11 is 5.56. The van der Waals surface area contributed by atoms with Crippen LogP contribution in [-0.2, 0) is 19.2 Å². The number of amides is 1. The fourth-order valence-electron chi connectivity index (χ4n) is 5.54. The number of aliphatic carboxylic acids is 4. The summed E-state index contributed by atoms with van der Waals surface area (Å²) in [5, 5.41) is 35.1. The first-order valence-corrected chi connectivity index (χ1v) is 17.4. The lowest BCUT2D eigenvalue weighted by Crippen LogP contribution is -2.48. The first-order valence-electron chi connectivity index (χ1n) is 17.0. The molecule has 0 bridgehead atoms. The first-order chi connectivity index (χ1) is 25.8. The molecule has 0 aliphatic carbocycles. The predicted molar refractivity (Wildman–Crippen MR) is 205 cm³/mol. The first kappa shape index (κ1) is 42.4. The SMILES string of the molecule is Cc1ccc2c(=S)c(C(=O)NCCCCN3CCN(C(c4ccccc4)c4ccccc4)CC3)c[nH]c2n1.O=C(O)/C=C/C(=O)O.O=C(O)/C=C/C(=O)O. The summed E-state index contributed by atoms with van der Waals surface area (Å²) in [6.07, 6.45) is 5.89. The largest absolute Gasteiger partial charge is 0.478 e. The van der Waals surface area contributed by atoms with E-state index in [2.05, 4.69) is 85.7 Å². The zero-order valence-corrected chi connectivity index (χ0v) is 30.4. The standard InChI is InChI=1S/C31H35N5OS.2C4H4O4/c1-23-14-15-26-29(38)27(22-33-30(26)34-23)31(37)32-16-8-9-17-35-18-20-36(21-19-35)28(24-10-4-2-5-11-24)25-12-6-3-7-13-25;2*5-3(6)1-2-4(7)8/h2-7,10-15,22,28H,8-9,16-21H2,1H3,(H,32,37)(H,33,34,38);2*1-2H,(H,5,6)(H,7,8)/b;2*2-1+.